The summed E-state index contributed by atoms with van der Waals surface area (Å²) in [5.41, 5.74) is -1.06. The lowest BCUT2D eigenvalue weighted by molar-refractivity contribution is -0.137. The second kappa shape index (κ2) is 5.62. The molecule has 1 amide bonds. The first-order valence-corrected chi connectivity index (χ1v) is 5.88. The first-order chi connectivity index (χ1) is 9.38. The summed E-state index contributed by atoms with van der Waals surface area (Å²) >= 11 is 5.76. The quantitative estimate of drug-likeness (QED) is 0.913. The summed E-state index contributed by atoms with van der Waals surface area (Å²) in [6.45, 7) is 0.497. The average Bonchev–Trinajstić information content (AvgIpc) is 2.41. The van der Waals surface area contributed by atoms with E-state index in [1.54, 1.807) is 0 Å². The molecular weight excluding hydrogens is 299 g/mol. The molecule has 0 fully saturated rings. The molecule has 0 aromatic heterocycles. The number of carbonyl (C=O) groups excluding carboxylic acids is 1. The first kappa shape index (κ1) is 14.5. The minimum absolute atomic E-state index is 0.0105. The highest BCUT2D eigenvalue weighted by atomic mass is 35.5. The van der Waals surface area contributed by atoms with Gasteiger partial charge in [-0.15, -0.1) is 0 Å². The predicted octanol–water partition coefficient (Wildman–Crippen LogP) is 3.19. The van der Waals surface area contributed by atoms with Crippen molar-refractivity contribution < 1.29 is 27.4 Å². The molecule has 1 N–H and O–H groups in total. The Balaban J connectivity index is 2.20. The van der Waals surface area contributed by atoms with Gasteiger partial charge in [0.05, 0.1) is 16.3 Å². The van der Waals surface area contributed by atoms with Crippen molar-refractivity contribution in [2.24, 2.45) is 0 Å². The second-order valence-corrected chi connectivity index (χ2v) is 4.26. The zero-order valence-electron chi connectivity index (χ0n) is 9.96. The van der Waals surface area contributed by atoms with E-state index in [1.807, 2.05) is 0 Å². The highest BCUT2D eigenvalue weighted by Crippen LogP contribution is 2.33. The van der Waals surface area contributed by atoms with Gasteiger partial charge in [0, 0.05) is 0 Å². The van der Waals surface area contributed by atoms with Gasteiger partial charge in [0.15, 0.2) is 0 Å². The lowest BCUT2D eigenvalue weighted by Gasteiger charge is -2.16. The Kier molecular flexibility index (Phi) is 4.08. The van der Waals surface area contributed by atoms with Crippen LogP contribution in [0.1, 0.15) is 5.56 Å². The van der Waals surface area contributed by atoms with Crippen molar-refractivity contribution in [3.05, 3.63) is 40.8 Å². The number of hydrogen-bond acceptors (Lipinski definition) is 3. The molecular formula is C12H9ClF3NO3. The fourth-order valence-corrected chi connectivity index (χ4v) is 1.63. The van der Waals surface area contributed by atoms with Crippen molar-refractivity contribution >= 4 is 23.2 Å². The third kappa shape index (κ3) is 3.36. The normalized spacial score (nSPS) is 14.9. The Morgan fingerprint density at radius 2 is 2.05 bits per heavy atom. The van der Waals surface area contributed by atoms with Gasteiger partial charge in [0.1, 0.15) is 19.5 Å². The van der Waals surface area contributed by atoms with E-state index in [9.17, 15) is 18.0 Å². The summed E-state index contributed by atoms with van der Waals surface area (Å²) in [5, 5.41) is 2.24. The number of benzene rings is 1. The molecule has 0 saturated heterocycles. The molecule has 20 heavy (non-hydrogen) atoms. The molecule has 0 aliphatic carbocycles. The van der Waals surface area contributed by atoms with Crippen molar-refractivity contribution in [3.8, 4) is 0 Å². The molecule has 0 bridgehead atoms. The van der Waals surface area contributed by atoms with Crippen molar-refractivity contribution in [1.82, 2.24) is 0 Å². The van der Waals surface area contributed by atoms with Crippen molar-refractivity contribution in [2.45, 2.75) is 6.18 Å². The summed E-state index contributed by atoms with van der Waals surface area (Å²) in [5.74, 6) is -0.851. The number of nitrogens with one attached hydrogen (secondary N) is 1. The monoisotopic (exact) mass is 307 g/mol. The molecule has 1 aliphatic rings. The zero-order chi connectivity index (χ0) is 14.8. The van der Waals surface area contributed by atoms with Crippen LogP contribution in [0.15, 0.2) is 30.2 Å². The maximum atomic E-state index is 12.6. The number of halogens is 4. The van der Waals surface area contributed by atoms with Crippen molar-refractivity contribution in [1.29, 1.82) is 0 Å². The predicted molar refractivity (Wildman–Crippen MR) is 65.1 cm³/mol. The summed E-state index contributed by atoms with van der Waals surface area (Å²) in [6, 6.07) is 2.65. The number of anilines is 1. The molecule has 0 radical (unpaired) electrons. The molecule has 4 nitrogen and oxygen atoms in total. The largest absolute Gasteiger partial charge is 0.494 e. The van der Waals surface area contributed by atoms with Gasteiger partial charge in [-0.25, -0.2) is 0 Å². The molecule has 0 spiro atoms. The van der Waals surface area contributed by atoms with Crippen LogP contribution in [0.4, 0.5) is 18.9 Å². The lowest BCUT2D eigenvalue weighted by atomic mass is 10.2. The van der Waals surface area contributed by atoms with Crippen LogP contribution in [-0.2, 0) is 20.4 Å². The number of rotatable bonds is 2. The Labute approximate surface area is 117 Å². The number of alkyl halides is 3. The van der Waals surface area contributed by atoms with E-state index in [1.165, 1.54) is 0 Å². The maximum absolute atomic E-state index is 12.6. The number of hydrogen-bond donors (Lipinski definition) is 1. The van der Waals surface area contributed by atoms with Crippen molar-refractivity contribution in [2.75, 3.05) is 18.5 Å². The molecule has 8 heteroatoms. The minimum Gasteiger partial charge on any atom is -0.494 e. The summed E-state index contributed by atoms with van der Waals surface area (Å²) in [4.78, 5) is 11.8. The standard InChI is InChI=1S/C12H9ClF3NO3/c13-8-2-1-7(12(14,15)16)5-9(8)17-11(18)10-6-19-3-4-20-10/h1-2,5-6H,3-4H2,(H,17,18). The van der Waals surface area contributed by atoms with Gasteiger partial charge in [-0.2, -0.15) is 13.2 Å². The van der Waals surface area contributed by atoms with E-state index < -0.39 is 17.6 Å². The van der Waals surface area contributed by atoms with Gasteiger partial charge < -0.3 is 14.8 Å². The fraction of sp³-hybridized carbons (Fsp3) is 0.250. The Morgan fingerprint density at radius 3 is 2.65 bits per heavy atom. The third-order valence-corrected chi connectivity index (χ3v) is 2.74. The molecule has 1 aromatic carbocycles. The van der Waals surface area contributed by atoms with Gasteiger partial charge in [-0.05, 0) is 18.2 Å². The molecule has 2 rings (SSSR count). The molecule has 1 aliphatic heterocycles. The van der Waals surface area contributed by atoms with Crippen LogP contribution >= 0.6 is 11.6 Å². The van der Waals surface area contributed by atoms with Crippen LogP contribution in [0.2, 0.25) is 5.02 Å². The summed E-state index contributed by atoms with van der Waals surface area (Å²) in [6.07, 6.45) is -3.42. The van der Waals surface area contributed by atoms with Gasteiger partial charge in [-0.3, -0.25) is 4.79 Å². The molecule has 108 valence electrons. The number of carbonyl (C=O) groups is 1. The lowest BCUT2D eigenvalue weighted by Crippen LogP contribution is -2.21. The number of amides is 1. The maximum Gasteiger partial charge on any atom is 0.416 e. The third-order valence-electron chi connectivity index (χ3n) is 2.41. The van der Waals surface area contributed by atoms with E-state index in [2.05, 4.69) is 5.32 Å². The average molecular weight is 308 g/mol. The molecule has 0 saturated carbocycles. The van der Waals surface area contributed by atoms with Crippen LogP contribution in [0.25, 0.3) is 0 Å². The van der Waals surface area contributed by atoms with E-state index in [-0.39, 0.29) is 23.1 Å². The number of ether oxygens (including phenoxy) is 2. The molecule has 0 unspecified atom stereocenters. The van der Waals surface area contributed by atoms with Gasteiger partial charge >= 0.3 is 6.18 Å². The van der Waals surface area contributed by atoms with E-state index >= 15 is 0 Å². The van der Waals surface area contributed by atoms with Crippen LogP contribution in [0, 0.1) is 0 Å². The molecule has 0 atom stereocenters. The van der Waals surface area contributed by atoms with Gasteiger partial charge in [0.25, 0.3) is 5.91 Å². The molecule has 1 heterocycles. The van der Waals surface area contributed by atoms with Gasteiger partial charge in [0.2, 0.25) is 5.76 Å². The Bertz CT molecular complexity index is 557. The van der Waals surface area contributed by atoms with E-state index in [0.717, 1.165) is 24.5 Å². The highest BCUT2D eigenvalue weighted by molar-refractivity contribution is 6.33. The van der Waals surface area contributed by atoms with Crippen LogP contribution in [0.5, 0.6) is 0 Å². The smallest absolute Gasteiger partial charge is 0.416 e. The fourth-order valence-electron chi connectivity index (χ4n) is 1.47. The van der Waals surface area contributed by atoms with Crippen molar-refractivity contribution in [3.63, 3.8) is 0 Å². The van der Waals surface area contributed by atoms with Crippen LogP contribution < -0.4 is 5.32 Å². The summed E-state index contributed by atoms with van der Waals surface area (Å²) < 4.78 is 47.6. The van der Waals surface area contributed by atoms with Crippen LogP contribution in [0.3, 0.4) is 0 Å². The Morgan fingerprint density at radius 1 is 1.30 bits per heavy atom. The second-order valence-electron chi connectivity index (χ2n) is 3.85. The van der Waals surface area contributed by atoms with E-state index in [0.29, 0.717) is 6.61 Å². The Hall–Kier alpha value is -1.89. The van der Waals surface area contributed by atoms with Crippen LogP contribution in [-0.4, -0.2) is 19.1 Å². The van der Waals surface area contributed by atoms with Gasteiger partial charge in [-0.1, -0.05) is 11.6 Å². The van der Waals surface area contributed by atoms with E-state index in [4.69, 9.17) is 21.1 Å². The highest BCUT2D eigenvalue weighted by Gasteiger charge is 2.31. The SMILES string of the molecule is O=C(Nc1cc(C(F)(F)F)ccc1Cl)C1=COCCO1. The minimum atomic E-state index is -4.52. The zero-order valence-corrected chi connectivity index (χ0v) is 10.7. The molecule has 1 aromatic rings. The summed E-state index contributed by atoms with van der Waals surface area (Å²) in [7, 11) is 0. The topological polar surface area (TPSA) is 47.6 Å². The first-order valence-electron chi connectivity index (χ1n) is 5.50.